The van der Waals surface area contributed by atoms with E-state index in [4.69, 9.17) is 13.9 Å². The molecule has 0 bridgehead atoms. The zero-order valence-electron chi connectivity index (χ0n) is 17.4. The highest BCUT2D eigenvalue weighted by atomic mass is 16.5. The molecule has 32 heavy (non-hydrogen) atoms. The maximum Gasteiger partial charge on any atom is 0.296 e. The minimum Gasteiger partial charge on any atom is -0.507 e. The summed E-state index contributed by atoms with van der Waals surface area (Å²) in [6.45, 7) is 0.0142. The summed E-state index contributed by atoms with van der Waals surface area (Å²) in [7, 11) is 2.89. The number of aromatic hydroxyl groups is 1. The number of methoxy groups -OCH3 is 2. The number of aliphatic hydroxyl groups excluding tert-OH is 1. The summed E-state index contributed by atoms with van der Waals surface area (Å²) in [5, 5.41) is 21.1. The Morgan fingerprint density at radius 1 is 1.06 bits per heavy atom. The third kappa shape index (κ3) is 3.66. The summed E-state index contributed by atoms with van der Waals surface area (Å²) in [6, 6.07) is 13.5. The van der Waals surface area contributed by atoms with Crippen molar-refractivity contribution >= 4 is 17.4 Å². The lowest BCUT2D eigenvalue weighted by Gasteiger charge is -2.25. The van der Waals surface area contributed by atoms with E-state index in [0.29, 0.717) is 22.6 Å². The number of Topliss-reactive ketones (excluding diaryl/α,β-unsaturated/α-hetero) is 1. The predicted octanol–water partition coefficient (Wildman–Crippen LogP) is 3.62. The maximum absolute atomic E-state index is 13.1. The molecule has 2 heterocycles. The molecule has 8 heteroatoms. The summed E-state index contributed by atoms with van der Waals surface area (Å²) in [6.07, 6.45) is 1.47. The molecule has 1 aromatic heterocycles. The number of ketones is 1. The van der Waals surface area contributed by atoms with Crippen LogP contribution < -0.4 is 9.47 Å². The highest BCUT2D eigenvalue weighted by Gasteiger charge is 2.46. The Morgan fingerprint density at radius 2 is 1.88 bits per heavy atom. The number of ether oxygens (including phenoxy) is 2. The second-order valence-electron chi connectivity index (χ2n) is 7.17. The number of phenolic OH excluding ortho intramolecular Hbond substituents is 1. The van der Waals surface area contributed by atoms with E-state index in [1.165, 1.54) is 37.5 Å². The predicted molar refractivity (Wildman–Crippen MR) is 114 cm³/mol. The monoisotopic (exact) mass is 435 g/mol. The van der Waals surface area contributed by atoms with Crippen molar-refractivity contribution < 1.29 is 33.7 Å². The van der Waals surface area contributed by atoms with Crippen LogP contribution in [0.3, 0.4) is 0 Å². The van der Waals surface area contributed by atoms with Crippen LogP contribution in [0.4, 0.5) is 0 Å². The van der Waals surface area contributed by atoms with Crippen molar-refractivity contribution in [3.8, 4) is 17.2 Å². The number of carbonyl (C=O) groups is 2. The van der Waals surface area contributed by atoms with Gasteiger partial charge in [-0.05, 0) is 42.0 Å². The number of amides is 1. The molecule has 1 fully saturated rings. The van der Waals surface area contributed by atoms with Gasteiger partial charge in [-0.25, -0.2) is 0 Å². The van der Waals surface area contributed by atoms with Crippen LogP contribution in [0.25, 0.3) is 5.76 Å². The molecule has 0 unspecified atom stereocenters. The summed E-state index contributed by atoms with van der Waals surface area (Å²) < 4.78 is 15.8. The number of phenols is 1. The Labute approximate surface area is 183 Å². The van der Waals surface area contributed by atoms with Crippen LogP contribution in [0.2, 0.25) is 0 Å². The normalized spacial score (nSPS) is 17.6. The van der Waals surface area contributed by atoms with Crippen molar-refractivity contribution in [2.75, 3.05) is 14.2 Å². The number of aliphatic hydroxyl groups is 1. The van der Waals surface area contributed by atoms with Gasteiger partial charge < -0.3 is 29.0 Å². The second-order valence-corrected chi connectivity index (χ2v) is 7.17. The third-order valence-corrected chi connectivity index (χ3v) is 5.31. The fraction of sp³-hybridized carbons (Fsp3) is 0.167. The number of hydrogen-bond donors (Lipinski definition) is 2. The fourth-order valence-corrected chi connectivity index (χ4v) is 3.75. The molecular formula is C24H21NO7. The van der Waals surface area contributed by atoms with Crippen molar-refractivity contribution in [2.45, 2.75) is 12.6 Å². The molecule has 164 valence electrons. The van der Waals surface area contributed by atoms with Gasteiger partial charge in [-0.15, -0.1) is 0 Å². The smallest absolute Gasteiger partial charge is 0.296 e. The SMILES string of the molecule is COc1cccc(C(O)=C2C(=O)C(=O)N(Cc3ccco3)[C@@H]2c2ccc(O)c(OC)c2)c1. The van der Waals surface area contributed by atoms with E-state index in [9.17, 15) is 19.8 Å². The van der Waals surface area contributed by atoms with Gasteiger partial charge in [-0.2, -0.15) is 0 Å². The summed E-state index contributed by atoms with van der Waals surface area (Å²) in [5.74, 6) is -0.886. The van der Waals surface area contributed by atoms with Crippen LogP contribution in [-0.2, 0) is 16.1 Å². The molecule has 2 N–H and O–H groups in total. The van der Waals surface area contributed by atoms with E-state index in [2.05, 4.69) is 0 Å². The number of furan rings is 1. The Hall–Kier alpha value is -4.20. The van der Waals surface area contributed by atoms with Gasteiger partial charge >= 0.3 is 0 Å². The zero-order chi connectivity index (χ0) is 22.8. The van der Waals surface area contributed by atoms with Gasteiger partial charge in [0.05, 0.1) is 38.6 Å². The molecule has 0 radical (unpaired) electrons. The average molecular weight is 435 g/mol. The first-order chi connectivity index (χ1) is 15.4. The quantitative estimate of drug-likeness (QED) is 0.346. The van der Waals surface area contributed by atoms with Crippen LogP contribution in [-0.4, -0.2) is 41.0 Å². The number of benzene rings is 2. The first-order valence-corrected chi connectivity index (χ1v) is 9.76. The molecule has 1 amide bonds. The number of nitrogens with zero attached hydrogens (tertiary/aromatic N) is 1. The van der Waals surface area contributed by atoms with Crippen LogP contribution in [0.15, 0.2) is 70.9 Å². The summed E-state index contributed by atoms with van der Waals surface area (Å²) >= 11 is 0. The van der Waals surface area contributed by atoms with Gasteiger partial charge in [0.15, 0.2) is 11.5 Å². The van der Waals surface area contributed by atoms with Crippen molar-refractivity contribution in [3.63, 3.8) is 0 Å². The van der Waals surface area contributed by atoms with Crippen LogP contribution in [0, 0.1) is 0 Å². The molecular weight excluding hydrogens is 414 g/mol. The molecule has 4 rings (SSSR count). The first kappa shape index (κ1) is 21.0. The maximum atomic E-state index is 13.1. The molecule has 3 aromatic rings. The van der Waals surface area contributed by atoms with Crippen molar-refractivity contribution in [1.82, 2.24) is 4.90 Å². The van der Waals surface area contributed by atoms with Gasteiger partial charge in [0, 0.05) is 5.56 Å². The Balaban J connectivity index is 1.90. The summed E-state index contributed by atoms with van der Waals surface area (Å²) in [4.78, 5) is 27.4. The third-order valence-electron chi connectivity index (χ3n) is 5.31. The van der Waals surface area contributed by atoms with E-state index < -0.39 is 17.7 Å². The molecule has 1 aliphatic rings. The molecule has 1 saturated heterocycles. The lowest BCUT2D eigenvalue weighted by atomic mass is 9.95. The van der Waals surface area contributed by atoms with Gasteiger partial charge in [0.25, 0.3) is 11.7 Å². The number of rotatable bonds is 6. The largest absolute Gasteiger partial charge is 0.507 e. The molecule has 8 nitrogen and oxygen atoms in total. The second kappa shape index (κ2) is 8.50. The summed E-state index contributed by atoms with van der Waals surface area (Å²) in [5.41, 5.74) is 0.730. The minimum atomic E-state index is -0.930. The van der Waals surface area contributed by atoms with Gasteiger partial charge in [-0.1, -0.05) is 18.2 Å². The molecule has 2 aromatic carbocycles. The van der Waals surface area contributed by atoms with Crippen LogP contribution >= 0.6 is 0 Å². The molecule has 0 saturated carbocycles. The lowest BCUT2D eigenvalue weighted by molar-refractivity contribution is -0.140. The van der Waals surface area contributed by atoms with E-state index in [1.54, 1.807) is 42.5 Å². The Morgan fingerprint density at radius 3 is 2.56 bits per heavy atom. The Kier molecular flexibility index (Phi) is 5.59. The number of carbonyl (C=O) groups excluding carboxylic acids is 2. The topological polar surface area (TPSA) is 109 Å². The number of likely N-dealkylation sites (tertiary alicyclic amines) is 1. The van der Waals surface area contributed by atoms with Crippen LogP contribution in [0.5, 0.6) is 17.2 Å². The highest BCUT2D eigenvalue weighted by molar-refractivity contribution is 6.46. The number of hydrogen-bond acceptors (Lipinski definition) is 7. The minimum absolute atomic E-state index is 0.0142. The zero-order valence-corrected chi connectivity index (χ0v) is 17.4. The molecule has 1 aliphatic heterocycles. The van der Waals surface area contributed by atoms with Gasteiger partial charge in [-0.3, -0.25) is 9.59 Å². The first-order valence-electron chi connectivity index (χ1n) is 9.76. The van der Waals surface area contributed by atoms with E-state index in [-0.39, 0.29) is 29.4 Å². The average Bonchev–Trinajstić information content (AvgIpc) is 3.41. The highest BCUT2D eigenvalue weighted by Crippen LogP contribution is 2.42. The lowest BCUT2D eigenvalue weighted by Crippen LogP contribution is -2.29. The van der Waals surface area contributed by atoms with Crippen molar-refractivity contribution in [2.24, 2.45) is 0 Å². The molecule has 0 aliphatic carbocycles. The fourth-order valence-electron chi connectivity index (χ4n) is 3.75. The van der Waals surface area contributed by atoms with Gasteiger partial charge in [0.2, 0.25) is 0 Å². The van der Waals surface area contributed by atoms with E-state index >= 15 is 0 Å². The molecule has 0 spiro atoms. The van der Waals surface area contributed by atoms with E-state index in [1.807, 2.05) is 0 Å². The van der Waals surface area contributed by atoms with E-state index in [0.717, 1.165) is 0 Å². The van der Waals surface area contributed by atoms with Crippen molar-refractivity contribution in [3.05, 3.63) is 83.3 Å². The Bertz CT molecular complexity index is 1200. The van der Waals surface area contributed by atoms with Gasteiger partial charge in [0.1, 0.15) is 17.3 Å². The van der Waals surface area contributed by atoms with Crippen LogP contribution in [0.1, 0.15) is 22.9 Å². The standard InChI is InChI=1S/C24H21NO7/c1-30-16-6-3-5-15(11-16)22(27)20-21(14-8-9-18(26)19(12-14)31-2)25(24(29)23(20)28)13-17-7-4-10-32-17/h3-12,21,26-27H,13H2,1-2H3/t21-/m1/s1. The molecule has 1 atom stereocenters. The van der Waals surface area contributed by atoms with Crippen molar-refractivity contribution in [1.29, 1.82) is 0 Å².